The van der Waals surface area contributed by atoms with E-state index in [1.54, 1.807) is 6.07 Å². The maximum Gasteiger partial charge on any atom is 0.142 e. The fourth-order valence-corrected chi connectivity index (χ4v) is 1.62. The van der Waals surface area contributed by atoms with E-state index in [4.69, 9.17) is 10.5 Å². The smallest absolute Gasteiger partial charge is 0.142 e. The minimum Gasteiger partial charge on any atom is -0.495 e. The molecule has 0 bridgehead atoms. The highest BCUT2D eigenvalue weighted by Crippen LogP contribution is 2.31. The van der Waals surface area contributed by atoms with Crippen molar-refractivity contribution in [1.29, 1.82) is 0 Å². The van der Waals surface area contributed by atoms with Gasteiger partial charge in [-0.15, -0.1) is 0 Å². The SMILES string of the molecule is COc1cc(-c2cccc(F)c2)c(F)cc1N. The first-order chi connectivity index (χ1) is 8.11. The monoisotopic (exact) mass is 235 g/mol. The van der Waals surface area contributed by atoms with Crippen molar-refractivity contribution in [3.63, 3.8) is 0 Å². The third kappa shape index (κ3) is 2.20. The number of nitrogen functional groups attached to an aromatic ring is 1. The van der Waals surface area contributed by atoms with Crippen LogP contribution in [0.5, 0.6) is 5.75 Å². The summed E-state index contributed by atoms with van der Waals surface area (Å²) in [5.41, 5.74) is 6.49. The van der Waals surface area contributed by atoms with Gasteiger partial charge in [0.25, 0.3) is 0 Å². The van der Waals surface area contributed by atoms with Crippen LogP contribution in [0.1, 0.15) is 0 Å². The van der Waals surface area contributed by atoms with Crippen LogP contribution in [0, 0.1) is 11.6 Å². The van der Waals surface area contributed by atoms with Gasteiger partial charge in [0, 0.05) is 11.6 Å². The van der Waals surface area contributed by atoms with Crippen molar-refractivity contribution in [3.05, 3.63) is 48.0 Å². The van der Waals surface area contributed by atoms with Gasteiger partial charge in [0.05, 0.1) is 12.8 Å². The first-order valence-corrected chi connectivity index (χ1v) is 5.01. The molecule has 0 aliphatic heterocycles. The fraction of sp³-hybridized carbons (Fsp3) is 0.0769. The maximum absolute atomic E-state index is 13.7. The molecule has 0 aliphatic carbocycles. The molecule has 17 heavy (non-hydrogen) atoms. The molecular weight excluding hydrogens is 224 g/mol. The predicted octanol–water partition coefficient (Wildman–Crippen LogP) is 3.22. The minimum atomic E-state index is -0.506. The topological polar surface area (TPSA) is 35.2 Å². The Kier molecular flexibility index (Phi) is 2.95. The van der Waals surface area contributed by atoms with Crippen molar-refractivity contribution < 1.29 is 13.5 Å². The molecule has 2 aromatic carbocycles. The molecule has 0 amide bonds. The zero-order valence-electron chi connectivity index (χ0n) is 9.21. The Bertz CT molecular complexity index is 555. The second-order valence-electron chi connectivity index (χ2n) is 3.58. The Morgan fingerprint density at radius 3 is 2.53 bits per heavy atom. The van der Waals surface area contributed by atoms with Gasteiger partial charge in [0.1, 0.15) is 17.4 Å². The van der Waals surface area contributed by atoms with Crippen molar-refractivity contribution in [1.82, 2.24) is 0 Å². The molecule has 2 rings (SSSR count). The fourth-order valence-electron chi connectivity index (χ4n) is 1.62. The van der Waals surface area contributed by atoms with E-state index in [1.165, 1.54) is 37.4 Å². The van der Waals surface area contributed by atoms with Crippen LogP contribution in [0.3, 0.4) is 0 Å². The van der Waals surface area contributed by atoms with E-state index in [2.05, 4.69) is 0 Å². The molecule has 0 saturated heterocycles. The first-order valence-electron chi connectivity index (χ1n) is 5.01. The lowest BCUT2D eigenvalue weighted by atomic mass is 10.0. The zero-order valence-corrected chi connectivity index (χ0v) is 9.21. The summed E-state index contributed by atoms with van der Waals surface area (Å²) in [5, 5.41) is 0. The molecule has 2 N–H and O–H groups in total. The Balaban J connectivity index is 2.59. The van der Waals surface area contributed by atoms with Crippen molar-refractivity contribution in [2.75, 3.05) is 12.8 Å². The molecule has 88 valence electrons. The van der Waals surface area contributed by atoms with E-state index in [0.29, 0.717) is 11.3 Å². The number of halogens is 2. The largest absolute Gasteiger partial charge is 0.495 e. The summed E-state index contributed by atoms with van der Waals surface area (Å²) < 4.78 is 31.8. The molecule has 0 aromatic heterocycles. The average molecular weight is 235 g/mol. The quantitative estimate of drug-likeness (QED) is 0.811. The van der Waals surface area contributed by atoms with Gasteiger partial charge < -0.3 is 10.5 Å². The van der Waals surface area contributed by atoms with E-state index >= 15 is 0 Å². The Hall–Kier alpha value is -2.10. The predicted molar refractivity (Wildman–Crippen MR) is 62.8 cm³/mol. The van der Waals surface area contributed by atoms with E-state index in [9.17, 15) is 8.78 Å². The molecule has 0 spiro atoms. The van der Waals surface area contributed by atoms with Crippen LogP contribution < -0.4 is 10.5 Å². The Morgan fingerprint density at radius 1 is 1.12 bits per heavy atom. The number of methoxy groups -OCH3 is 1. The van der Waals surface area contributed by atoms with Gasteiger partial charge in [-0.2, -0.15) is 0 Å². The molecular formula is C13H11F2NO. The summed E-state index contributed by atoms with van der Waals surface area (Å²) in [5.74, 6) is -0.558. The highest BCUT2D eigenvalue weighted by atomic mass is 19.1. The third-order valence-corrected chi connectivity index (χ3v) is 2.46. The van der Waals surface area contributed by atoms with Gasteiger partial charge in [0.2, 0.25) is 0 Å². The van der Waals surface area contributed by atoms with Gasteiger partial charge in [0.15, 0.2) is 0 Å². The van der Waals surface area contributed by atoms with Crippen LogP contribution in [0.15, 0.2) is 36.4 Å². The highest BCUT2D eigenvalue weighted by Gasteiger charge is 2.10. The molecule has 2 aromatic rings. The number of ether oxygens (including phenoxy) is 1. The van der Waals surface area contributed by atoms with Gasteiger partial charge in [-0.25, -0.2) is 8.78 Å². The molecule has 0 heterocycles. The van der Waals surface area contributed by atoms with Gasteiger partial charge >= 0.3 is 0 Å². The Labute approximate surface area is 97.6 Å². The lowest BCUT2D eigenvalue weighted by molar-refractivity contribution is 0.416. The summed E-state index contributed by atoms with van der Waals surface area (Å²) in [4.78, 5) is 0. The molecule has 0 radical (unpaired) electrons. The van der Waals surface area contributed by atoms with Gasteiger partial charge in [-0.1, -0.05) is 12.1 Å². The number of nitrogens with two attached hydrogens (primary N) is 1. The Morgan fingerprint density at radius 2 is 1.88 bits per heavy atom. The first kappa shape index (κ1) is 11.4. The van der Waals surface area contributed by atoms with Crippen molar-refractivity contribution in [3.8, 4) is 16.9 Å². The maximum atomic E-state index is 13.7. The van der Waals surface area contributed by atoms with Crippen molar-refractivity contribution in [2.45, 2.75) is 0 Å². The molecule has 0 fully saturated rings. The van der Waals surface area contributed by atoms with Crippen molar-refractivity contribution in [2.24, 2.45) is 0 Å². The average Bonchev–Trinajstić information content (AvgIpc) is 2.29. The van der Waals surface area contributed by atoms with Crippen LogP contribution in [-0.4, -0.2) is 7.11 Å². The molecule has 0 unspecified atom stereocenters. The van der Waals surface area contributed by atoms with Crippen molar-refractivity contribution >= 4 is 5.69 Å². The van der Waals surface area contributed by atoms with Crippen LogP contribution in [-0.2, 0) is 0 Å². The third-order valence-electron chi connectivity index (χ3n) is 2.46. The molecule has 2 nitrogen and oxygen atoms in total. The molecule has 0 saturated carbocycles. The van der Waals surface area contributed by atoms with Gasteiger partial charge in [-0.3, -0.25) is 0 Å². The van der Waals surface area contributed by atoms with Crippen LogP contribution in [0.4, 0.5) is 14.5 Å². The lowest BCUT2D eigenvalue weighted by Gasteiger charge is -2.09. The number of rotatable bonds is 2. The molecule has 0 aliphatic rings. The number of anilines is 1. The summed E-state index contributed by atoms with van der Waals surface area (Å²) >= 11 is 0. The van der Waals surface area contributed by atoms with Crippen LogP contribution in [0.2, 0.25) is 0 Å². The summed E-state index contributed by atoms with van der Waals surface area (Å²) in [6, 6.07) is 8.33. The zero-order chi connectivity index (χ0) is 12.4. The van der Waals surface area contributed by atoms with Gasteiger partial charge in [-0.05, 0) is 23.8 Å². The van der Waals surface area contributed by atoms with Crippen LogP contribution >= 0.6 is 0 Å². The summed E-state index contributed by atoms with van der Waals surface area (Å²) in [6.45, 7) is 0. The molecule has 0 atom stereocenters. The number of hydrogen-bond donors (Lipinski definition) is 1. The van der Waals surface area contributed by atoms with E-state index < -0.39 is 11.6 Å². The van der Waals surface area contributed by atoms with Crippen LogP contribution in [0.25, 0.3) is 11.1 Å². The van der Waals surface area contributed by atoms with E-state index in [0.717, 1.165) is 0 Å². The number of benzene rings is 2. The van der Waals surface area contributed by atoms with E-state index in [1.807, 2.05) is 0 Å². The summed E-state index contributed by atoms with van der Waals surface area (Å²) in [7, 11) is 1.44. The second-order valence-corrected chi connectivity index (χ2v) is 3.58. The normalized spacial score (nSPS) is 10.3. The lowest BCUT2D eigenvalue weighted by Crippen LogP contribution is -1.95. The minimum absolute atomic E-state index is 0.213. The standard InChI is InChI=1S/C13H11F2NO/c1-17-13-6-10(11(15)7-12(13)16)8-3-2-4-9(14)5-8/h2-7H,16H2,1H3. The summed E-state index contributed by atoms with van der Waals surface area (Å²) in [6.07, 6.45) is 0. The highest BCUT2D eigenvalue weighted by molar-refractivity contribution is 5.70. The van der Waals surface area contributed by atoms with E-state index in [-0.39, 0.29) is 11.3 Å². The second kappa shape index (κ2) is 4.41. The number of hydrogen-bond acceptors (Lipinski definition) is 2. The molecule has 4 heteroatoms.